The Balaban J connectivity index is 1.32. The zero-order chi connectivity index (χ0) is 21.8. The van der Waals surface area contributed by atoms with E-state index in [1.807, 2.05) is 0 Å². The number of nitrogens with zero attached hydrogens (tertiary/aromatic N) is 3. The van der Waals surface area contributed by atoms with E-state index in [0.29, 0.717) is 54.9 Å². The van der Waals surface area contributed by atoms with Crippen molar-refractivity contribution < 1.29 is 23.8 Å². The molecule has 1 aromatic carbocycles. The van der Waals surface area contributed by atoms with Crippen LogP contribution >= 0.6 is 11.6 Å². The number of amides is 1. The van der Waals surface area contributed by atoms with E-state index in [1.54, 1.807) is 42.2 Å². The van der Waals surface area contributed by atoms with E-state index < -0.39 is 0 Å². The number of carbonyl (C=O) groups is 2. The topological polar surface area (TPSA) is 81.2 Å². The molecule has 1 saturated heterocycles. The van der Waals surface area contributed by atoms with E-state index in [0.717, 1.165) is 11.4 Å². The van der Waals surface area contributed by atoms with Crippen molar-refractivity contribution in [3.8, 4) is 11.5 Å². The van der Waals surface area contributed by atoms with Crippen LogP contribution in [0.25, 0.3) is 6.08 Å². The summed E-state index contributed by atoms with van der Waals surface area (Å²) in [6, 6.07) is 7.04. The summed E-state index contributed by atoms with van der Waals surface area (Å²) in [5, 5.41) is 0.456. The van der Waals surface area contributed by atoms with Gasteiger partial charge < -0.3 is 24.0 Å². The third kappa shape index (κ3) is 4.74. The number of hydrogen-bond acceptors (Lipinski definition) is 7. The second-order valence-electron chi connectivity index (χ2n) is 7.01. The van der Waals surface area contributed by atoms with Gasteiger partial charge in [0.2, 0.25) is 12.7 Å². The zero-order valence-electron chi connectivity index (χ0n) is 17.0. The summed E-state index contributed by atoms with van der Waals surface area (Å²) < 4.78 is 15.6. The number of anilines is 1. The van der Waals surface area contributed by atoms with Gasteiger partial charge in [0.15, 0.2) is 11.5 Å². The Labute approximate surface area is 185 Å². The summed E-state index contributed by atoms with van der Waals surface area (Å²) >= 11 is 6.18. The van der Waals surface area contributed by atoms with Crippen molar-refractivity contribution in [2.45, 2.75) is 6.92 Å². The van der Waals surface area contributed by atoms with Crippen LogP contribution in [-0.2, 0) is 9.53 Å². The van der Waals surface area contributed by atoms with Gasteiger partial charge in [-0.25, -0.2) is 9.78 Å². The Morgan fingerprint density at radius 1 is 1.19 bits per heavy atom. The van der Waals surface area contributed by atoms with Gasteiger partial charge in [0, 0.05) is 38.5 Å². The van der Waals surface area contributed by atoms with E-state index in [-0.39, 0.29) is 18.7 Å². The van der Waals surface area contributed by atoms with Gasteiger partial charge in [-0.1, -0.05) is 11.6 Å². The lowest BCUT2D eigenvalue weighted by Crippen LogP contribution is -2.48. The molecule has 0 spiro atoms. The zero-order valence-corrected chi connectivity index (χ0v) is 17.8. The van der Waals surface area contributed by atoms with Crippen LogP contribution in [0.2, 0.25) is 5.02 Å². The largest absolute Gasteiger partial charge is 0.462 e. The Bertz CT molecular complexity index is 1000. The average Bonchev–Trinajstić information content (AvgIpc) is 3.27. The molecule has 2 aliphatic heterocycles. The van der Waals surface area contributed by atoms with Gasteiger partial charge in [-0.15, -0.1) is 0 Å². The van der Waals surface area contributed by atoms with Crippen LogP contribution in [0.1, 0.15) is 22.8 Å². The normalized spacial score (nSPS) is 15.4. The second kappa shape index (κ2) is 9.26. The molecule has 0 unspecified atom stereocenters. The molecule has 1 amide bonds. The summed E-state index contributed by atoms with van der Waals surface area (Å²) in [5.74, 6) is 1.43. The Kier molecular flexibility index (Phi) is 6.27. The van der Waals surface area contributed by atoms with Gasteiger partial charge in [0.1, 0.15) is 5.82 Å². The number of aromatic nitrogens is 1. The fraction of sp³-hybridized carbons (Fsp3) is 0.318. The minimum atomic E-state index is -0.382. The molecular weight excluding hydrogens is 422 g/mol. The number of piperazine rings is 1. The number of benzene rings is 1. The number of fused-ring (bicyclic) bond motifs is 1. The molecule has 2 aromatic rings. The fourth-order valence-electron chi connectivity index (χ4n) is 3.42. The molecular formula is C22H22ClN3O5. The van der Waals surface area contributed by atoms with Crippen molar-refractivity contribution in [1.29, 1.82) is 0 Å². The highest BCUT2D eigenvalue weighted by Gasteiger charge is 2.21. The molecule has 0 bridgehead atoms. The second-order valence-corrected chi connectivity index (χ2v) is 7.41. The van der Waals surface area contributed by atoms with Gasteiger partial charge in [0.25, 0.3) is 0 Å². The highest BCUT2D eigenvalue weighted by atomic mass is 35.5. The summed E-state index contributed by atoms with van der Waals surface area (Å²) in [4.78, 5) is 32.6. The predicted octanol–water partition coefficient (Wildman–Crippen LogP) is 3.00. The van der Waals surface area contributed by atoms with Crippen LogP contribution in [0.5, 0.6) is 11.5 Å². The van der Waals surface area contributed by atoms with Crippen LogP contribution in [0.3, 0.4) is 0 Å². The molecule has 8 nitrogen and oxygen atoms in total. The SMILES string of the molecule is CCOC(=O)c1ccc(N2CCN(C(=O)/C=C/c3cc(Cl)c4c(c3)OCO4)CC2)nc1. The van der Waals surface area contributed by atoms with Crippen molar-refractivity contribution in [3.63, 3.8) is 0 Å². The van der Waals surface area contributed by atoms with Crippen molar-refractivity contribution in [2.24, 2.45) is 0 Å². The van der Waals surface area contributed by atoms with Crippen molar-refractivity contribution in [1.82, 2.24) is 9.88 Å². The van der Waals surface area contributed by atoms with Crippen molar-refractivity contribution in [2.75, 3.05) is 44.5 Å². The predicted molar refractivity (Wildman–Crippen MR) is 116 cm³/mol. The monoisotopic (exact) mass is 443 g/mol. The summed E-state index contributed by atoms with van der Waals surface area (Å²) in [5.41, 5.74) is 1.19. The van der Waals surface area contributed by atoms with Crippen LogP contribution in [-0.4, -0.2) is 61.3 Å². The molecule has 9 heteroatoms. The maximum Gasteiger partial charge on any atom is 0.339 e. The molecule has 0 radical (unpaired) electrons. The Hall–Kier alpha value is -3.26. The molecule has 162 valence electrons. The minimum absolute atomic E-state index is 0.0703. The van der Waals surface area contributed by atoms with Crippen LogP contribution in [0.4, 0.5) is 5.82 Å². The highest BCUT2D eigenvalue weighted by molar-refractivity contribution is 6.32. The number of ether oxygens (including phenoxy) is 3. The Morgan fingerprint density at radius 3 is 2.71 bits per heavy atom. The third-order valence-electron chi connectivity index (χ3n) is 5.04. The van der Waals surface area contributed by atoms with Crippen molar-refractivity contribution in [3.05, 3.63) is 52.7 Å². The lowest BCUT2D eigenvalue weighted by atomic mass is 10.2. The molecule has 0 atom stereocenters. The average molecular weight is 444 g/mol. The first kappa shape index (κ1) is 21.0. The van der Waals surface area contributed by atoms with Gasteiger partial charge in [-0.3, -0.25) is 4.79 Å². The fourth-order valence-corrected chi connectivity index (χ4v) is 3.69. The smallest absolute Gasteiger partial charge is 0.339 e. The van der Waals surface area contributed by atoms with Gasteiger partial charge in [-0.2, -0.15) is 0 Å². The van der Waals surface area contributed by atoms with E-state index >= 15 is 0 Å². The van der Waals surface area contributed by atoms with E-state index in [2.05, 4.69) is 9.88 Å². The maximum atomic E-state index is 12.6. The quantitative estimate of drug-likeness (QED) is 0.519. The van der Waals surface area contributed by atoms with Gasteiger partial charge in [-0.05, 0) is 42.8 Å². The molecule has 1 fully saturated rings. The molecule has 2 aliphatic rings. The minimum Gasteiger partial charge on any atom is -0.462 e. The number of carbonyl (C=O) groups excluding carboxylic acids is 2. The van der Waals surface area contributed by atoms with E-state index in [4.69, 9.17) is 25.8 Å². The highest BCUT2D eigenvalue weighted by Crippen LogP contribution is 2.40. The molecule has 3 heterocycles. The third-order valence-corrected chi connectivity index (χ3v) is 5.32. The van der Waals surface area contributed by atoms with E-state index in [1.165, 1.54) is 12.3 Å². The summed E-state index contributed by atoms with van der Waals surface area (Å²) in [6.45, 7) is 4.69. The first-order valence-electron chi connectivity index (χ1n) is 9.99. The van der Waals surface area contributed by atoms with Crippen LogP contribution in [0.15, 0.2) is 36.5 Å². The first-order chi connectivity index (χ1) is 15.0. The number of pyridine rings is 1. The Morgan fingerprint density at radius 2 is 2.00 bits per heavy atom. The summed E-state index contributed by atoms with van der Waals surface area (Å²) in [6.07, 6.45) is 4.78. The van der Waals surface area contributed by atoms with Crippen molar-refractivity contribution >= 4 is 35.4 Å². The van der Waals surface area contributed by atoms with Crippen LogP contribution < -0.4 is 14.4 Å². The standard InChI is InChI=1S/C22H22ClN3O5/c1-2-29-22(28)16-4-5-19(24-13-16)25-7-9-26(10-8-25)20(27)6-3-15-11-17(23)21-18(12-15)30-14-31-21/h3-6,11-13H,2,7-10,14H2,1H3/b6-3+. The molecule has 31 heavy (non-hydrogen) atoms. The number of hydrogen-bond donors (Lipinski definition) is 0. The summed E-state index contributed by atoms with van der Waals surface area (Å²) in [7, 11) is 0. The maximum absolute atomic E-state index is 12.6. The molecule has 0 saturated carbocycles. The first-order valence-corrected chi connectivity index (χ1v) is 10.4. The number of esters is 1. The molecule has 1 aromatic heterocycles. The lowest BCUT2D eigenvalue weighted by Gasteiger charge is -2.35. The molecule has 0 N–H and O–H groups in total. The molecule has 4 rings (SSSR count). The number of rotatable bonds is 5. The van der Waals surface area contributed by atoms with Gasteiger partial charge in [0.05, 0.1) is 17.2 Å². The molecule has 0 aliphatic carbocycles. The van der Waals surface area contributed by atoms with Gasteiger partial charge >= 0.3 is 5.97 Å². The van der Waals surface area contributed by atoms with E-state index in [9.17, 15) is 9.59 Å². The number of halogens is 1. The lowest BCUT2D eigenvalue weighted by molar-refractivity contribution is -0.126. The van der Waals surface area contributed by atoms with Crippen LogP contribution in [0, 0.1) is 0 Å².